The first kappa shape index (κ1) is 44.9. The molecule has 1 aliphatic heterocycles. The van der Waals surface area contributed by atoms with E-state index in [-0.39, 0.29) is 11.9 Å². The Hall–Kier alpha value is -1.16. The van der Waals surface area contributed by atoms with E-state index in [0.29, 0.717) is 6.04 Å². The molecule has 0 aromatic rings. The zero-order valence-electron chi connectivity index (χ0n) is 33.0. The average Bonchev–Trinajstić information content (AvgIpc) is 3.49. The van der Waals surface area contributed by atoms with E-state index in [2.05, 4.69) is 88.4 Å². The second-order valence-electron chi connectivity index (χ2n) is 14.9. The highest BCUT2D eigenvalue weighted by Crippen LogP contribution is 2.36. The van der Waals surface area contributed by atoms with Crippen LogP contribution in [0.4, 0.5) is 0 Å². The van der Waals surface area contributed by atoms with E-state index >= 15 is 0 Å². The summed E-state index contributed by atoms with van der Waals surface area (Å²) in [5.41, 5.74) is 0. The van der Waals surface area contributed by atoms with E-state index in [4.69, 9.17) is 9.47 Å². The SMILES string of the molecule is CCCCC/C=C\C/C=C\CCCCCCCCC1(CCCCCCCC/C=C\C/C=C\CCCCC)OCC(CC(CC)N(C)C)O1. The highest BCUT2D eigenvalue weighted by molar-refractivity contribution is 4.93. The Morgan fingerprint density at radius 3 is 1.33 bits per heavy atom. The van der Waals surface area contributed by atoms with Gasteiger partial charge in [-0.05, 0) is 104 Å². The highest BCUT2D eigenvalue weighted by atomic mass is 16.7. The Kier molecular flexibility index (Phi) is 30.9. The molecule has 0 amide bonds. The molecule has 1 aliphatic rings. The van der Waals surface area contributed by atoms with Crippen molar-refractivity contribution in [2.45, 2.75) is 218 Å². The molecular weight excluding hydrogens is 587 g/mol. The molecule has 3 nitrogen and oxygen atoms in total. The van der Waals surface area contributed by atoms with Crippen molar-refractivity contribution in [1.29, 1.82) is 0 Å². The number of ether oxygens (including phenoxy) is 2. The number of hydrogen-bond acceptors (Lipinski definition) is 3. The van der Waals surface area contributed by atoms with Crippen molar-refractivity contribution in [3.05, 3.63) is 48.6 Å². The first-order valence-corrected chi connectivity index (χ1v) is 21.1. The van der Waals surface area contributed by atoms with Crippen molar-refractivity contribution in [2.75, 3.05) is 20.7 Å². The topological polar surface area (TPSA) is 21.7 Å². The number of nitrogens with zero attached hydrogens (tertiary/aromatic N) is 1. The number of rotatable bonds is 34. The van der Waals surface area contributed by atoms with Crippen LogP contribution in [0.25, 0.3) is 0 Å². The van der Waals surface area contributed by atoms with Crippen LogP contribution in [-0.4, -0.2) is 43.5 Å². The van der Waals surface area contributed by atoms with Crippen molar-refractivity contribution in [3.63, 3.8) is 0 Å². The van der Waals surface area contributed by atoms with Gasteiger partial charge in [0.2, 0.25) is 0 Å². The summed E-state index contributed by atoms with van der Waals surface area (Å²) in [7, 11) is 4.40. The second-order valence-corrected chi connectivity index (χ2v) is 14.9. The van der Waals surface area contributed by atoms with Gasteiger partial charge in [0, 0.05) is 18.9 Å². The molecule has 0 spiro atoms. The lowest BCUT2D eigenvalue weighted by atomic mass is 9.98. The van der Waals surface area contributed by atoms with Crippen LogP contribution in [0, 0.1) is 0 Å². The number of allylic oxidation sites excluding steroid dienone is 8. The van der Waals surface area contributed by atoms with Crippen LogP contribution >= 0.6 is 0 Å². The third-order valence-corrected chi connectivity index (χ3v) is 10.2. The van der Waals surface area contributed by atoms with Gasteiger partial charge in [0.1, 0.15) is 0 Å². The Balaban J connectivity index is 2.25. The predicted octanol–water partition coefficient (Wildman–Crippen LogP) is 14.2. The molecule has 1 fully saturated rings. The molecule has 0 aliphatic carbocycles. The lowest BCUT2D eigenvalue weighted by Gasteiger charge is -2.30. The third-order valence-electron chi connectivity index (χ3n) is 10.2. The molecule has 1 rings (SSSR count). The Bertz CT molecular complexity index is 749. The van der Waals surface area contributed by atoms with Crippen LogP contribution in [0.3, 0.4) is 0 Å². The zero-order valence-corrected chi connectivity index (χ0v) is 33.0. The molecule has 3 heteroatoms. The Morgan fingerprint density at radius 1 is 0.542 bits per heavy atom. The molecule has 0 aromatic heterocycles. The van der Waals surface area contributed by atoms with Crippen molar-refractivity contribution < 1.29 is 9.47 Å². The summed E-state index contributed by atoms with van der Waals surface area (Å²) in [6.07, 6.45) is 54.5. The zero-order chi connectivity index (χ0) is 34.8. The minimum Gasteiger partial charge on any atom is -0.347 e. The quantitative estimate of drug-likeness (QED) is 0.0503. The van der Waals surface area contributed by atoms with Gasteiger partial charge >= 0.3 is 0 Å². The van der Waals surface area contributed by atoms with E-state index in [0.717, 1.165) is 45.1 Å². The summed E-state index contributed by atoms with van der Waals surface area (Å²) >= 11 is 0. The molecule has 0 saturated carbocycles. The first-order chi connectivity index (χ1) is 23.6. The molecule has 0 N–H and O–H groups in total. The maximum absolute atomic E-state index is 6.81. The molecule has 0 aromatic carbocycles. The van der Waals surface area contributed by atoms with E-state index in [1.54, 1.807) is 0 Å². The van der Waals surface area contributed by atoms with Crippen molar-refractivity contribution >= 4 is 0 Å². The molecule has 48 heavy (non-hydrogen) atoms. The summed E-state index contributed by atoms with van der Waals surface area (Å²) in [6.45, 7) is 7.61. The van der Waals surface area contributed by atoms with Gasteiger partial charge in [-0.2, -0.15) is 0 Å². The molecule has 0 bridgehead atoms. The highest BCUT2D eigenvalue weighted by Gasteiger charge is 2.41. The van der Waals surface area contributed by atoms with Crippen LogP contribution in [-0.2, 0) is 9.47 Å². The monoisotopic (exact) mass is 670 g/mol. The van der Waals surface area contributed by atoms with Crippen LogP contribution in [0.15, 0.2) is 48.6 Å². The fraction of sp³-hybridized carbons (Fsp3) is 0.822. The van der Waals surface area contributed by atoms with E-state index < -0.39 is 0 Å². The molecule has 280 valence electrons. The van der Waals surface area contributed by atoms with Crippen molar-refractivity contribution in [3.8, 4) is 0 Å². The molecular formula is C45H83NO2. The van der Waals surface area contributed by atoms with Gasteiger partial charge in [0.25, 0.3) is 0 Å². The molecule has 2 unspecified atom stereocenters. The summed E-state index contributed by atoms with van der Waals surface area (Å²) in [4.78, 5) is 2.36. The van der Waals surface area contributed by atoms with Crippen molar-refractivity contribution in [1.82, 2.24) is 4.90 Å². The average molecular weight is 670 g/mol. The summed E-state index contributed by atoms with van der Waals surface area (Å²) < 4.78 is 13.4. The summed E-state index contributed by atoms with van der Waals surface area (Å²) in [5.74, 6) is -0.334. The second kappa shape index (κ2) is 33.0. The van der Waals surface area contributed by atoms with Gasteiger partial charge in [0.05, 0.1) is 12.7 Å². The fourth-order valence-corrected chi connectivity index (χ4v) is 6.93. The van der Waals surface area contributed by atoms with Crippen LogP contribution in [0.5, 0.6) is 0 Å². The van der Waals surface area contributed by atoms with E-state index in [1.165, 1.54) is 141 Å². The largest absolute Gasteiger partial charge is 0.347 e. The third kappa shape index (κ3) is 25.8. The Morgan fingerprint density at radius 2 is 0.938 bits per heavy atom. The Labute approximate surface area is 301 Å². The van der Waals surface area contributed by atoms with E-state index in [9.17, 15) is 0 Å². The maximum Gasteiger partial charge on any atom is 0.168 e. The number of hydrogen-bond donors (Lipinski definition) is 0. The van der Waals surface area contributed by atoms with Gasteiger partial charge in [-0.1, -0.05) is 146 Å². The molecule has 1 heterocycles. The molecule has 1 saturated heterocycles. The van der Waals surface area contributed by atoms with Crippen molar-refractivity contribution in [2.24, 2.45) is 0 Å². The van der Waals surface area contributed by atoms with Gasteiger partial charge in [-0.15, -0.1) is 0 Å². The smallest absolute Gasteiger partial charge is 0.168 e. The fourth-order valence-electron chi connectivity index (χ4n) is 6.93. The van der Waals surface area contributed by atoms with Gasteiger partial charge in [-0.25, -0.2) is 0 Å². The van der Waals surface area contributed by atoms with Gasteiger partial charge < -0.3 is 14.4 Å². The summed E-state index contributed by atoms with van der Waals surface area (Å²) in [5, 5.41) is 0. The maximum atomic E-state index is 6.81. The summed E-state index contributed by atoms with van der Waals surface area (Å²) in [6, 6.07) is 0.568. The van der Waals surface area contributed by atoms with E-state index in [1.807, 2.05) is 0 Å². The standard InChI is InChI=1S/C45H83NO2/c1-6-9-11-13-15-17-19-21-23-25-27-29-31-33-35-37-39-45(47-42-44(48-45)41-43(8-3)46(4)5)40-38-36-34-32-30-28-26-24-22-20-18-16-14-12-10-7-2/h15-18,21-24,43-44H,6-14,19-20,25-42H2,1-5H3/b17-15-,18-16-,23-21-,24-22-. The molecule has 0 radical (unpaired) electrons. The number of unbranched alkanes of at least 4 members (excludes halogenated alkanes) is 18. The first-order valence-electron chi connectivity index (χ1n) is 21.1. The van der Waals surface area contributed by atoms with Gasteiger partial charge in [-0.3, -0.25) is 0 Å². The normalized spacial score (nSPS) is 17.4. The van der Waals surface area contributed by atoms with Crippen LogP contribution in [0.2, 0.25) is 0 Å². The van der Waals surface area contributed by atoms with Crippen LogP contribution in [0.1, 0.15) is 201 Å². The lowest BCUT2D eigenvalue weighted by Crippen LogP contribution is -2.34. The van der Waals surface area contributed by atoms with Crippen LogP contribution < -0.4 is 0 Å². The molecule has 2 atom stereocenters. The predicted molar refractivity (Wildman–Crippen MR) is 214 cm³/mol. The minimum atomic E-state index is -0.334. The van der Waals surface area contributed by atoms with Gasteiger partial charge in [0.15, 0.2) is 5.79 Å². The lowest BCUT2D eigenvalue weighted by molar-refractivity contribution is -0.181. The minimum absolute atomic E-state index is 0.242.